The summed E-state index contributed by atoms with van der Waals surface area (Å²) >= 11 is 0. The molecule has 3 nitrogen and oxygen atoms in total. The standard InChI is InChI=1S/C11H13NO2/c1-7(2)12-10-6-9(11(13)14)5-4-8(10)3/h4-6,12H,1H2,2-3H3,(H,13,14). The van der Waals surface area contributed by atoms with Crippen LogP contribution in [0.3, 0.4) is 0 Å². The third-order valence-corrected chi connectivity index (χ3v) is 1.83. The lowest BCUT2D eigenvalue weighted by atomic mass is 10.1. The molecule has 0 unspecified atom stereocenters. The van der Waals surface area contributed by atoms with E-state index in [9.17, 15) is 4.79 Å². The molecule has 0 radical (unpaired) electrons. The summed E-state index contributed by atoms with van der Waals surface area (Å²) in [7, 11) is 0. The van der Waals surface area contributed by atoms with E-state index in [1.807, 2.05) is 13.8 Å². The van der Waals surface area contributed by atoms with Crippen LogP contribution in [0.4, 0.5) is 5.69 Å². The Morgan fingerprint density at radius 3 is 2.64 bits per heavy atom. The number of aryl methyl sites for hydroxylation is 1. The zero-order chi connectivity index (χ0) is 10.7. The van der Waals surface area contributed by atoms with Crippen molar-refractivity contribution >= 4 is 11.7 Å². The van der Waals surface area contributed by atoms with E-state index in [0.717, 1.165) is 16.9 Å². The van der Waals surface area contributed by atoms with Gasteiger partial charge in [0.15, 0.2) is 0 Å². The molecular weight excluding hydrogens is 178 g/mol. The van der Waals surface area contributed by atoms with Gasteiger partial charge >= 0.3 is 5.97 Å². The zero-order valence-electron chi connectivity index (χ0n) is 8.29. The molecule has 1 rings (SSSR count). The summed E-state index contributed by atoms with van der Waals surface area (Å²) in [4.78, 5) is 10.7. The number of rotatable bonds is 3. The van der Waals surface area contributed by atoms with Gasteiger partial charge in [0, 0.05) is 11.4 Å². The second kappa shape index (κ2) is 3.96. The van der Waals surface area contributed by atoms with Crippen molar-refractivity contribution in [3.63, 3.8) is 0 Å². The maximum absolute atomic E-state index is 10.7. The van der Waals surface area contributed by atoms with Gasteiger partial charge in [0.05, 0.1) is 5.56 Å². The lowest BCUT2D eigenvalue weighted by Gasteiger charge is -2.09. The minimum atomic E-state index is -0.922. The summed E-state index contributed by atoms with van der Waals surface area (Å²) in [5.74, 6) is -0.922. The molecule has 0 aliphatic rings. The summed E-state index contributed by atoms with van der Waals surface area (Å²) in [6.45, 7) is 7.45. The number of hydrogen-bond donors (Lipinski definition) is 2. The van der Waals surface area contributed by atoms with Crippen LogP contribution in [0, 0.1) is 6.92 Å². The van der Waals surface area contributed by atoms with E-state index >= 15 is 0 Å². The van der Waals surface area contributed by atoms with Crippen LogP contribution >= 0.6 is 0 Å². The maximum atomic E-state index is 10.7. The van der Waals surface area contributed by atoms with Crippen molar-refractivity contribution in [2.45, 2.75) is 13.8 Å². The van der Waals surface area contributed by atoms with Crippen molar-refractivity contribution < 1.29 is 9.90 Å². The Balaban J connectivity index is 3.08. The quantitative estimate of drug-likeness (QED) is 0.772. The molecule has 74 valence electrons. The summed E-state index contributed by atoms with van der Waals surface area (Å²) in [5.41, 5.74) is 2.85. The number of carbonyl (C=O) groups is 1. The van der Waals surface area contributed by atoms with Gasteiger partial charge in [0.2, 0.25) is 0 Å². The molecule has 0 atom stereocenters. The van der Waals surface area contributed by atoms with Gasteiger partial charge in [-0.1, -0.05) is 12.6 Å². The predicted molar refractivity (Wildman–Crippen MR) is 56.6 cm³/mol. The molecule has 0 aromatic heterocycles. The number of anilines is 1. The SMILES string of the molecule is C=C(C)Nc1cc(C(=O)O)ccc1C. The molecular formula is C11H13NO2. The van der Waals surface area contributed by atoms with Gasteiger partial charge in [-0.05, 0) is 31.5 Å². The maximum Gasteiger partial charge on any atom is 0.335 e. The Morgan fingerprint density at radius 1 is 1.50 bits per heavy atom. The highest BCUT2D eigenvalue weighted by molar-refractivity contribution is 5.89. The Morgan fingerprint density at radius 2 is 2.14 bits per heavy atom. The summed E-state index contributed by atoms with van der Waals surface area (Å²) in [6.07, 6.45) is 0. The van der Waals surface area contributed by atoms with Gasteiger partial charge in [-0.25, -0.2) is 4.79 Å². The Hall–Kier alpha value is -1.77. The topological polar surface area (TPSA) is 49.3 Å². The fourth-order valence-corrected chi connectivity index (χ4v) is 1.12. The highest BCUT2D eigenvalue weighted by atomic mass is 16.4. The molecule has 0 amide bonds. The van der Waals surface area contributed by atoms with Crippen LogP contribution in [0.1, 0.15) is 22.8 Å². The first-order valence-corrected chi connectivity index (χ1v) is 4.27. The highest BCUT2D eigenvalue weighted by Gasteiger charge is 2.05. The van der Waals surface area contributed by atoms with E-state index in [1.54, 1.807) is 18.2 Å². The number of carboxylic acids is 1. The van der Waals surface area contributed by atoms with Crippen molar-refractivity contribution in [2.24, 2.45) is 0 Å². The van der Waals surface area contributed by atoms with E-state index in [2.05, 4.69) is 11.9 Å². The van der Waals surface area contributed by atoms with Gasteiger partial charge in [-0.2, -0.15) is 0 Å². The number of benzene rings is 1. The molecule has 0 spiro atoms. The molecule has 2 N–H and O–H groups in total. The summed E-state index contributed by atoms with van der Waals surface area (Å²) in [6, 6.07) is 4.96. The average Bonchev–Trinajstić information content (AvgIpc) is 2.07. The van der Waals surface area contributed by atoms with Crippen LogP contribution in [0.25, 0.3) is 0 Å². The van der Waals surface area contributed by atoms with E-state index in [1.165, 1.54) is 0 Å². The van der Waals surface area contributed by atoms with Crippen LogP contribution in [0.15, 0.2) is 30.5 Å². The highest BCUT2D eigenvalue weighted by Crippen LogP contribution is 2.18. The van der Waals surface area contributed by atoms with Crippen molar-refractivity contribution in [1.29, 1.82) is 0 Å². The van der Waals surface area contributed by atoms with Gasteiger partial charge in [0.25, 0.3) is 0 Å². The number of nitrogens with one attached hydrogen (secondary N) is 1. The van der Waals surface area contributed by atoms with Crippen LogP contribution in [0.2, 0.25) is 0 Å². The lowest BCUT2D eigenvalue weighted by molar-refractivity contribution is 0.0697. The monoisotopic (exact) mass is 191 g/mol. The largest absolute Gasteiger partial charge is 0.478 e. The first-order chi connectivity index (χ1) is 6.50. The van der Waals surface area contributed by atoms with Crippen LogP contribution in [-0.2, 0) is 0 Å². The Kier molecular flexibility index (Phi) is 2.92. The molecule has 0 aliphatic carbocycles. The first-order valence-electron chi connectivity index (χ1n) is 4.27. The zero-order valence-corrected chi connectivity index (χ0v) is 8.29. The van der Waals surface area contributed by atoms with Gasteiger partial charge in [-0.15, -0.1) is 0 Å². The molecule has 0 bridgehead atoms. The second-order valence-electron chi connectivity index (χ2n) is 3.24. The molecule has 0 saturated heterocycles. The van der Waals surface area contributed by atoms with Crippen molar-refractivity contribution in [1.82, 2.24) is 0 Å². The lowest BCUT2D eigenvalue weighted by Crippen LogP contribution is -2.01. The van der Waals surface area contributed by atoms with E-state index in [-0.39, 0.29) is 5.56 Å². The number of aromatic carboxylic acids is 1. The molecule has 0 aliphatic heterocycles. The molecule has 14 heavy (non-hydrogen) atoms. The second-order valence-corrected chi connectivity index (χ2v) is 3.24. The van der Waals surface area contributed by atoms with E-state index in [4.69, 9.17) is 5.11 Å². The summed E-state index contributed by atoms with van der Waals surface area (Å²) < 4.78 is 0. The average molecular weight is 191 g/mol. The Bertz CT molecular complexity index is 383. The Labute approximate surface area is 83.1 Å². The predicted octanol–water partition coefficient (Wildman–Crippen LogP) is 2.64. The number of hydrogen-bond acceptors (Lipinski definition) is 2. The smallest absolute Gasteiger partial charge is 0.335 e. The van der Waals surface area contributed by atoms with Crippen LogP contribution in [-0.4, -0.2) is 11.1 Å². The molecule has 1 aromatic carbocycles. The normalized spacial score (nSPS) is 9.57. The molecule has 0 heterocycles. The molecule has 0 fully saturated rings. The van der Waals surface area contributed by atoms with Crippen molar-refractivity contribution in [3.05, 3.63) is 41.6 Å². The van der Waals surface area contributed by atoms with Gasteiger partial charge in [0.1, 0.15) is 0 Å². The fraction of sp³-hybridized carbons (Fsp3) is 0.182. The van der Waals surface area contributed by atoms with Crippen LogP contribution in [0.5, 0.6) is 0 Å². The third-order valence-electron chi connectivity index (χ3n) is 1.83. The minimum Gasteiger partial charge on any atom is -0.478 e. The van der Waals surface area contributed by atoms with Crippen molar-refractivity contribution in [2.75, 3.05) is 5.32 Å². The minimum absolute atomic E-state index is 0.277. The first kappa shape index (κ1) is 10.3. The van der Waals surface area contributed by atoms with E-state index < -0.39 is 5.97 Å². The fourth-order valence-electron chi connectivity index (χ4n) is 1.12. The summed E-state index contributed by atoms with van der Waals surface area (Å²) in [5, 5.41) is 11.8. The van der Waals surface area contributed by atoms with E-state index in [0.29, 0.717) is 0 Å². The van der Waals surface area contributed by atoms with Gasteiger partial charge in [-0.3, -0.25) is 0 Å². The van der Waals surface area contributed by atoms with Crippen LogP contribution < -0.4 is 5.32 Å². The van der Waals surface area contributed by atoms with Crippen molar-refractivity contribution in [3.8, 4) is 0 Å². The molecule has 0 saturated carbocycles. The molecule has 3 heteroatoms. The number of allylic oxidation sites excluding steroid dienone is 1. The number of carboxylic acid groups (broad SMARTS) is 1. The third kappa shape index (κ3) is 2.36. The molecule has 1 aromatic rings. The van der Waals surface area contributed by atoms with Gasteiger partial charge < -0.3 is 10.4 Å².